The first kappa shape index (κ1) is 9.50. The molecule has 0 unspecified atom stereocenters. The van der Waals surface area contributed by atoms with Gasteiger partial charge < -0.3 is 0 Å². The smallest absolute Gasteiger partial charge is 0.124 e. The fourth-order valence-electron chi connectivity index (χ4n) is 0.823. The SMILES string of the molecule is N#CCc1cc(F)cc(Br)c1Cl. The van der Waals surface area contributed by atoms with Crippen LogP contribution in [-0.2, 0) is 6.42 Å². The summed E-state index contributed by atoms with van der Waals surface area (Å²) in [5, 5.41) is 8.78. The minimum atomic E-state index is -0.392. The molecule has 0 aliphatic carbocycles. The minimum Gasteiger partial charge on any atom is -0.207 e. The molecule has 0 heterocycles. The van der Waals surface area contributed by atoms with E-state index in [1.165, 1.54) is 12.1 Å². The minimum absolute atomic E-state index is 0.120. The van der Waals surface area contributed by atoms with E-state index in [4.69, 9.17) is 16.9 Å². The topological polar surface area (TPSA) is 23.8 Å². The first-order valence-corrected chi connectivity index (χ1v) is 4.32. The molecule has 0 bridgehead atoms. The van der Waals surface area contributed by atoms with E-state index < -0.39 is 5.82 Å². The van der Waals surface area contributed by atoms with Gasteiger partial charge >= 0.3 is 0 Å². The van der Waals surface area contributed by atoms with Gasteiger partial charge in [0.2, 0.25) is 0 Å². The van der Waals surface area contributed by atoms with Crippen LogP contribution >= 0.6 is 27.5 Å². The highest BCUT2D eigenvalue weighted by Crippen LogP contribution is 2.27. The van der Waals surface area contributed by atoms with E-state index in [0.717, 1.165) is 0 Å². The third kappa shape index (κ3) is 1.96. The van der Waals surface area contributed by atoms with Crippen molar-refractivity contribution in [1.29, 1.82) is 5.26 Å². The lowest BCUT2D eigenvalue weighted by Gasteiger charge is -2.01. The highest BCUT2D eigenvalue weighted by molar-refractivity contribution is 9.10. The van der Waals surface area contributed by atoms with E-state index in [9.17, 15) is 4.39 Å². The highest BCUT2D eigenvalue weighted by Gasteiger charge is 2.06. The molecule has 0 N–H and O–H groups in total. The van der Waals surface area contributed by atoms with Crippen LogP contribution in [0, 0.1) is 17.1 Å². The standard InChI is InChI=1S/C8H4BrClFN/c9-7-4-6(11)3-5(1-2-12)8(7)10/h3-4H,1H2. The van der Waals surface area contributed by atoms with Gasteiger partial charge in [-0.25, -0.2) is 4.39 Å². The quantitative estimate of drug-likeness (QED) is 0.700. The van der Waals surface area contributed by atoms with Gasteiger partial charge in [-0.15, -0.1) is 0 Å². The van der Waals surface area contributed by atoms with Crippen LogP contribution in [0.15, 0.2) is 16.6 Å². The molecule has 0 amide bonds. The second kappa shape index (κ2) is 3.88. The zero-order valence-electron chi connectivity index (χ0n) is 5.94. The Hall–Kier alpha value is -0.590. The third-order valence-electron chi connectivity index (χ3n) is 1.34. The molecule has 1 rings (SSSR count). The molecule has 0 saturated carbocycles. The molecule has 0 spiro atoms. The van der Waals surface area contributed by atoms with Crippen LogP contribution in [-0.4, -0.2) is 0 Å². The number of nitriles is 1. The van der Waals surface area contributed by atoms with Gasteiger partial charge in [-0.05, 0) is 33.6 Å². The summed E-state index contributed by atoms with van der Waals surface area (Å²) in [4.78, 5) is 0. The maximum Gasteiger partial charge on any atom is 0.124 e. The van der Waals surface area contributed by atoms with Gasteiger partial charge in [0.15, 0.2) is 0 Å². The zero-order chi connectivity index (χ0) is 9.14. The fraction of sp³-hybridized carbons (Fsp3) is 0.125. The van der Waals surface area contributed by atoms with Crippen LogP contribution in [0.3, 0.4) is 0 Å². The Labute approximate surface area is 82.9 Å². The Morgan fingerprint density at radius 1 is 1.58 bits per heavy atom. The van der Waals surface area contributed by atoms with Crippen LogP contribution in [0.2, 0.25) is 5.02 Å². The summed E-state index contributed by atoms with van der Waals surface area (Å²) < 4.78 is 13.2. The van der Waals surface area contributed by atoms with Crippen molar-refractivity contribution in [2.75, 3.05) is 0 Å². The van der Waals surface area contributed by atoms with Crippen molar-refractivity contribution in [3.8, 4) is 6.07 Å². The highest BCUT2D eigenvalue weighted by atomic mass is 79.9. The maximum absolute atomic E-state index is 12.7. The lowest BCUT2D eigenvalue weighted by Crippen LogP contribution is -1.87. The van der Waals surface area contributed by atoms with Crippen LogP contribution in [0.25, 0.3) is 0 Å². The van der Waals surface area contributed by atoms with Crippen molar-refractivity contribution >= 4 is 27.5 Å². The molecule has 0 atom stereocenters. The first-order valence-electron chi connectivity index (χ1n) is 3.15. The van der Waals surface area contributed by atoms with Gasteiger partial charge in [-0.3, -0.25) is 0 Å². The average Bonchev–Trinajstić information content (AvgIpc) is 2.00. The molecule has 1 nitrogen and oxygen atoms in total. The molecule has 0 radical (unpaired) electrons. The van der Waals surface area contributed by atoms with E-state index in [2.05, 4.69) is 15.9 Å². The van der Waals surface area contributed by atoms with E-state index >= 15 is 0 Å². The predicted octanol–water partition coefficient (Wildman–Crippen LogP) is 3.31. The van der Waals surface area contributed by atoms with Gasteiger partial charge in [0, 0.05) is 4.47 Å². The number of hydrogen-bond acceptors (Lipinski definition) is 1. The van der Waals surface area contributed by atoms with Crippen LogP contribution in [0.1, 0.15) is 5.56 Å². The Morgan fingerprint density at radius 2 is 2.25 bits per heavy atom. The normalized spacial score (nSPS) is 9.50. The maximum atomic E-state index is 12.7. The molecule has 12 heavy (non-hydrogen) atoms. The second-order valence-electron chi connectivity index (χ2n) is 2.20. The number of benzene rings is 1. The molecule has 0 aliphatic heterocycles. The van der Waals surface area contributed by atoms with Gasteiger partial charge in [0.1, 0.15) is 5.82 Å². The predicted molar refractivity (Wildman–Crippen MR) is 48.4 cm³/mol. The largest absolute Gasteiger partial charge is 0.207 e. The van der Waals surface area contributed by atoms with Crippen LogP contribution in [0.4, 0.5) is 4.39 Å². The molecular weight excluding hydrogens is 244 g/mol. The fourth-order valence-corrected chi connectivity index (χ4v) is 1.47. The lowest BCUT2D eigenvalue weighted by atomic mass is 10.2. The average molecular weight is 248 g/mol. The van der Waals surface area contributed by atoms with Crippen molar-refractivity contribution in [3.05, 3.63) is 33.0 Å². The Bertz CT molecular complexity index is 346. The molecule has 62 valence electrons. The van der Waals surface area contributed by atoms with E-state index in [1.54, 1.807) is 0 Å². The van der Waals surface area contributed by atoms with Crippen molar-refractivity contribution in [2.45, 2.75) is 6.42 Å². The Balaban J connectivity index is 3.20. The number of halogens is 3. The summed E-state index contributed by atoms with van der Waals surface area (Å²) in [5.74, 6) is -0.392. The number of nitrogens with zero attached hydrogens (tertiary/aromatic N) is 1. The Morgan fingerprint density at radius 3 is 2.83 bits per heavy atom. The van der Waals surface area contributed by atoms with Gasteiger partial charge in [0.05, 0.1) is 17.5 Å². The van der Waals surface area contributed by atoms with E-state index in [-0.39, 0.29) is 6.42 Å². The van der Waals surface area contributed by atoms with Crippen molar-refractivity contribution in [1.82, 2.24) is 0 Å². The first-order chi connectivity index (χ1) is 5.65. The number of rotatable bonds is 1. The summed E-state index contributed by atoms with van der Waals surface area (Å²) >= 11 is 8.86. The summed E-state index contributed by atoms with van der Waals surface area (Å²) in [5.41, 5.74) is 0.506. The molecule has 0 saturated heterocycles. The van der Waals surface area contributed by atoms with Gasteiger partial charge in [-0.1, -0.05) is 11.6 Å². The van der Waals surface area contributed by atoms with Crippen molar-refractivity contribution < 1.29 is 4.39 Å². The van der Waals surface area contributed by atoms with Crippen LogP contribution in [0.5, 0.6) is 0 Å². The van der Waals surface area contributed by atoms with Gasteiger partial charge in [-0.2, -0.15) is 5.26 Å². The molecule has 0 aliphatic rings. The third-order valence-corrected chi connectivity index (χ3v) is 2.64. The molecular formula is C8H4BrClFN. The zero-order valence-corrected chi connectivity index (χ0v) is 8.28. The molecule has 0 fully saturated rings. The summed E-state index contributed by atoms with van der Waals surface area (Å²) in [7, 11) is 0. The summed E-state index contributed by atoms with van der Waals surface area (Å²) in [6, 6.07) is 4.43. The number of hydrogen-bond donors (Lipinski definition) is 0. The van der Waals surface area contributed by atoms with E-state index in [1.807, 2.05) is 6.07 Å². The monoisotopic (exact) mass is 247 g/mol. The Kier molecular flexibility index (Phi) is 3.07. The van der Waals surface area contributed by atoms with E-state index in [0.29, 0.717) is 15.1 Å². The summed E-state index contributed by atoms with van der Waals surface area (Å²) in [6.45, 7) is 0. The van der Waals surface area contributed by atoms with Crippen molar-refractivity contribution in [2.24, 2.45) is 0 Å². The molecule has 0 aromatic heterocycles. The molecule has 1 aromatic carbocycles. The van der Waals surface area contributed by atoms with Crippen molar-refractivity contribution in [3.63, 3.8) is 0 Å². The second-order valence-corrected chi connectivity index (χ2v) is 3.43. The van der Waals surface area contributed by atoms with Gasteiger partial charge in [0.25, 0.3) is 0 Å². The molecule has 1 aromatic rings. The summed E-state index contributed by atoms with van der Waals surface area (Å²) in [6.07, 6.45) is 0.120. The van der Waals surface area contributed by atoms with Crippen LogP contribution < -0.4 is 0 Å². The lowest BCUT2D eigenvalue weighted by molar-refractivity contribution is 0.625. The molecule has 4 heteroatoms.